The summed E-state index contributed by atoms with van der Waals surface area (Å²) in [6.07, 6.45) is -1.01. The molecule has 7 nitrogen and oxygen atoms in total. The predicted octanol–water partition coefficient (Wildman–Crippen LogP) is 0.0988. The summed E-state index contributed by atoms with van der Waals surface area (Å²) in [6, 6.07) is -1.86. The summed E-state index contributed by atoms with van der Waals surface area (Å²) in [6.45, 7) is 6.12. The van der Waals surface area contributed by atoms with Gasteiger partial charge in [0.15, 0.2) is 0 Å². The minimum atomic E-state index is -1.14. The van der Waals surface area contributed by atoms with Crippen LogP contribution in [0, 0.1) is 0 Å². The first kappa shape index (κ1) is 15.2. The van der Waals surface area contributed by atoms with Gasteiger partial charge in [-0.25, -0.2) is 4.79 Å². The van der Waals surface area contributed by atoms with Crippen molar-refractivity contribution in [1.29, 1.82) is 0 Å². The molecule has 0 radical (unpaired) electrons. The highest BCUT2D eigenvalue weighted by Gasteiger charge is 2.20. The van der Waals surface area contributed by atoms with Crippen molar-refractivity contribution in [3.63, 3.8) is 0 Å². The molecule has 3 N–H and O–H groups in total. The van der Waals surface area contributed by atoms with E-state index < -0.39 is 30.1 Å². The highest BCUT2D eigenvalue weighted by molar-refractivity contribution is 5.88. The molecule has 0 aromatic heterocycles. The molecule has 17 heavy (non-hydrogen) atoms. The Kier molecular flexibility index (Phi) is 6.01. The van der Waals surface area contributed by atoms with Gasteiger partial charge in [-0.15, -0.1) is 0 Å². The first-order chi connectivity index (χ1) is 7.73. The van der Waals surface area contributed by atoms with Crippen LogP contribution in [0.5, 0.6) is 0 Å². The summed E-state index contributed by atoms with van der Waals surface area (Å²) in [5.41, 5.74) is 0. The molecule has 0 rings (SSSR count). The van der Waals surface area contributed by atoms with Crippen LogP contribution >= 0.6 is 0 Å². The highest BCUT2D eigenvalue weighted by atomic mass is 16.6. The van der Waals surface area contributed by atoms with Crippen molar-refractivity contribution in [2.75, 3.05) is 0 Å². The molecule has 0 aliphatic carbocycles. The van der Waals surface area contributed by atoms with Crippen molar-refractivity contribution < 1.29 is 24.2 Å². The first-order valence-electron chi connectivity index (χ1n) is 5.24. The Morgan fingerprint density at radius 2 is 1.53 bits per heavy atom. The Bertz CT molecular complexity index is 303. The molecule has 2 atom stereocenters. The quantitative estimate of drug-likeness (QED) is 0.638. The van der Waals surface area contributed by atoms with Crippen molar-refractivity contribution in [3.05, 3.63) is 0 Å². The monoisotopic (exact) mass is 246 g/mol. The molecule has 2 amide bonds. The molecular weight excluding hydrogens is 228 g/mol. The lowest BCUT2D eigenvalue weighted by molar-refractivity contribution is -0.141. The summed E-state index contributed by atoms with van der Waals surface area (Å²) in [4.78, 5) is 33.1. The van der Waals surface area contributed by atoms with Gasteiger partial charge in [-0.2, -0.15) is 0 Å². The maximum absolute atomic E-state index is 11.4. The largest absolute Gasteiger partial charge is 0.480 e. The van der Waals surface area contributed by atoms with Crippen molar-refractivity contribution in [2.24, 2.45) is 0 Å². The summed E-state index contributed by atoms with van der Waals surface area (Å²) >= 11 is 0. The smallest absolute Gasteiger partial charge is 0.408 e. The van der Waals surface area contributed by atoms with Gasteiger partial charge in [-0.1, -0.05) is 0 Å². The Balaban J connectivity index is 4.14. The van der Waals surface area contributed by atoms with E-state index in [-0.39, 0.29) is 6.10 Å². The van der Waals surface area contributed by atoms with Crippen molar-refractivity contribution in [2.45, 2.75) is 45.9 Å². The lowest BCUT2D eigenvalue weighted by Gasteiger charge is -2.16. The molecule has 7 heteroatoms. The third kappa shape index (κ3) is 6.39. The van der Waals surface area contributed by atoms with Crippen molar-refractivity contribution in [3.8, 4) is 0 Å². The molecule has 98 valence electrons. The Morgan fingerprint density at radius 3 is 1.94 bits per heavy atom. The average molecular weight is 246 g/mol. The van der Waals surface area contributed by atoms with Gasteiger partial charge in [0.2, 0.25) is 5.91 Å². The number of alkyl carbamates (subject to hydrolysis) is 1. The number of carboxylic acid groups (broad SMARTS) is 1. The van der Waals surface area contributed by atoms with Gasteiger partial charge >= 0.3 is 12.1 Å². The SMILES string of the molecule is CC(C)OC(=O)NC(C)C(=O)NC(C)C(=O)O. The Hall–Kier alpha value is -1.79. The molecule has 0 aromatic carbocycles. The van der Waals surface area contributed by atoms with E-state index in [9.17, 15) is 14.4 Å². The number of ether oxygens (including phenoxy) is 1. The number of hydrogen-bond donors (Lipinski definition) is 3. The average Bonchev–Trinajstić information content (AvgIpc) is 2.15. The molecule has 0 aliphatic heterocycles. The molecule has 0 saturated carbocycles. The fourth-order valence-electron chi connectivity index (χ4n) is 0.891. The Labute approximate surface area is 99.5 Å². The van der Waals surface area contributed by atoms with Crippen LogP contribution < -0.4 is 10.6 Å². The van der Waals surface area contributed by atoms with Crippen LogP contribution in [0.4, 0.5) is 4.79 Å². The number of rotatable bonds is 5. The van der Waals surface area contributed by atoms with Crippen LogP contribution in [0.25, 0.3) is 0 Å². The predicted molar refractivity (Wildman–Crippen MR) is 59.5 cm³/mol. The first-order valence-corrected chi connectivity index (χ1v) is 5.24. The third-order valence-electron chi connectivity index (χ3n) is 1.80. The summed E-state index contributed by atoms with van der Waals surface area (Å²) in [5, 5.41) is 13.1. The number of hydrogen-bond acceptors (Lipinski definition) is 4. The summed E-state index contributed by atoms with van der Waals surface area (Å²) < 4.78 is 4.78. The minimum absolute atomic E-state index is 0.289. The van der Waals surface area contributed by atoms with E-state index in [0.29, 0.717) is 0 Å². The maximum Gasteiger partial charge on any atom is 0.408 e. The molecule has 0 fully saturated rings. The summed E-state index contributed by atoms with van der Waals surface area (Å²) in [7, 11) is 0. The fraction of sp³-hybridized carbons (Fsp3) is 0.700. The van der Waals surface area contributed by atoms with Crippen molar-refractivity contribution in [1.82, 2.24) is 10.6 Å². The number of carboxylic acids is 1. The zero-order valence-electron chi connectivity index (χ0n) is 10.3. The fourth-order valence-corrected chi connectivity index (χ4v) is 0.891. The second-order valence-electron chi connectivity index (χ2n) is 3.89. The van der Waals surface area contributed by atoms with Crippen LogP contribution in [0.2, 0.25) is 0 Å². The zero-order chi connectivity index (χ0) is 13.6. The number of carbonyl (C=O) groups is 3. The summed E-state index contributed by atoms with van der Waals surface area (Å²) in [5.74, 6) is -1.73. The van der Waals surface area contributed by atoms with E-state index in [4.69, 9.17) is 9.84 Å². The van der Waals surface area contributed by atoms with Gasteiger partial charge in [-0.05, 0) is 27.7 Å². The van der Waals surface area contributed by atoms with Crippen LogP contribution in [-0.2, 0) is 14.3 Å². The van der Waals surface area contributed by atoms with Crippen LogP contribution in [0.1, 0.15) is 27.7 Å². The third-order valence-corrected chi connectivity index (χ3v) is 1.80. The van der Waals surface area contributed by atoms with E-state index >= 15 is 0 Å². The topological polar surface area (TPSA) is 105 Å². The molecule has 0 aromatic rings. The molecular formula is C10H18N2O5. The highest BCUT2D eigenvalue weighted by Crippen LogP contribution is 1.92. The van der Waals surface area contributed by atoms with E-state index in [1.165, 1.54) is 13.8 Å². The van der Waals surface area contributed by atoms with Gasteiger partial charge in [0.05, 0.1) is 6.10 Å². The Morgan fingerprint density at radius 1 is 1.00 bits per heavy atom. The zero-order valence-corrected chi connectivity index (χ0v) is 10.3. The molecule has 0 bridgehead atoms. The molecule has 0 heterocycles. The van der Waals surface area contributed by atoms with Crippen LogP contribution in [0.15, 0.2) is 0 Å². The molecule has 0 spiro atoms. The number of amides is 2. The number of carbonyl (C=O) groups excluding carboxylic acids is 2. The molecule has 0 saturated heterocycles. The van der Waals surface area contributed by atoms with Gasteiger partial charge in [0.1, 0.15) is 12.1 Å². The van der Waals surface area contributed by atoms with E-state index in [1.807, 2.05) is 0 Å². The lowest BCUT2D eigenvalue weighted by atomic mass is 10.2. The molecule has 2 unspecified atom stereocenters. The van der Waals surface area contributed by atoms with Gasteiger partial charge < -0.3 is 20.5 Å². The lowest BCUT2D eigenvalue weighted by Crippen LogP contribution is -2.49. The van der Waals surface area contributed by atoms with Crippen molar-refractivity contribution >= 4 is 18.0 Å². The van der Waals surface area contributed by atoms with E-state index in [2.05, 4.69) is 10.6 Å². The second-order valence-corrected chi connectivity index (χ2v) is 3.89. The molecule has 0 aliphatic rings. The number of aliphatic carboxylic acids is 1. The van der Waals surface area contributed by atoms with Crippen LogP contribution in [0.3, 0.4) is 0 Å². The standard InChI is InChI=1S/C10H18N2O5/c1-5(2)17-10(16)12-6(3)8(13)11-7(4)9(14)15/h5-7H,1-4H3,(H,11,13)(H,12,16)(H,14,15). The minimum Gasteiger partial charge on any atom is -0.480 e. The van der Waals surface area contributed by atoms with Crippen LogP contribution in [-0.4, -0.2) is 41.3 Å². The van der Waals surface area contributed by atoms with Gasteiger partial charge in [0.25, 0.3) is 0 Å². The normalized spacial score (nSPS) is 13.7. The van der Waals surface area contributed by atoms with Gasteiger partial charge in [0, 0.05) is 0 Å². The van der Waals surface area contributed by atoms with Gasteiger partial charge in [-0.3, -0.25) is 9.59 Å². The second kappa shape index (κ2) is 6.72. The van der Waals surface area contributed by atoms with E-state index in [0.717, 1.165) is 0 Å². The van der Waals surface area contributed by atoms with E-state index in [1.54, 1.807) is 13.8 Å². The number of nitrogens with one attached hydrogen (secondary N) is 2. The maximum atomic E-state index is 11.4.